The second-order valence-electron chi connectivity index (χ2n) is 6.01. The summed E-state index contributed by atoms with van der Waals surface area (Å²) >= 11 is 1.08. The third-order valence-electron chi connectivity index (χ3n) is 2.94. The molecule has 0 aliphatic rings. The van der Waals surface area contributed by atoms with Gasteiger partial charge in [0, 0.05) is 4.88 Å². The number of ether oxygens (including phenoxy) is 2. The number of rotatable bonds is 4. The van der Waals surface area contributed by atoms with E-state index in [9.17, 15) is 14.7 Å². The molecular weight excluding hydrogens is 330 g/mol. The molecule has 0 saturated carbocycles. The van der Waals surface area contributed by atoms with Crippen molar-refractivity contribution in [1.82, 2.24) is 0 Å². The average Bonchev–Trinajstić information content (AvgIpc) is 2.89. The van der Waals surface area contributed by atoms with E-state index in [1.165, 1.54) is 0 Å². The van der Waals surface area contributed by atoms with Crippen LogP contribution in [0.1, 0.15) is 30.4 Å². The molecule has 1 aromatic heterocycles. The maximum Gasteiger partial charge on any atom is 0.412 e. The Morgan fingerprint density at radius 1 is 1.17 bits per heavy atom. The van der Waals surface area contributed by atoms with Gasteiger partial charge in [-0.3, -0.25) is 5.32 Å². The maximum absolute atomic E-state index is 11.9. The van der Waals surface area contributed by atoms with E-state index in [1.54, 1.807) is 46.1 Å². The largest absolute Gasteiger partial charge is 0.497 e. The summed E-state index contributed by atoms with van der Waals surface area (Å²) in [5, 5.41) is 11.9. The number of carbonyl (C=O) groups excluding carboxylic acids is 1. The lowest BCUT2D eigenvalue weighted by atomic mass is 10.2. The molecular formula is C17H19NO5S. The molecule has 0 bridgehead atoms. The van der Waals surface area contributed by atoms with E-state index in [0.717, 1.165) is 21.8 Å². The zero-order valence-corrected chi connectivity index (χ0v) is 14.7. The highest BCUT2D eigenvalue weighted by atomic mass is 32.1. The zero-order valence-electron chi connectivity index (χ0n) is 13.9. The van der Waals surface area contributed by atoms with Gasteiger partial charge in [-0.2, -0.15) is 0 Å². The number of carboxylic acids is 1. The van der Waals surface area contributed by atoms with Crippen molar-refractivity contribution < 1.29 is 24.2 Å². The smallest absolute Gasteiger partial charge is 0.412 e. The Morgan fingerprint density at radius 3 is 2.29 bits per heavy atom. The lowest BCUT2D eigenvalue weighted by Crippen LogP contribution is -2.27. The number of thiophene rings is 1. The minimum absolute atomic E-state index is 0.0478. The van der Waals surface area contributed by atoms with Crippen molar-refractivity contribution in [2.45, 2.75) is 26.4 Å². The molecule has 2 rings (SSSR count). The third kappa shape index (κ3) is 4.48. The number of anilines is 1. The van der Waals surface area contributed by atoms with E-state index in [-0.39, 0.29) is 10.6 Å². The fraction of sp³-hybridized carbons (Fsp3) is 0.294. The number of aromatic carboxylic acids is 1. The van der Waals surface area contributed by atoms with E-state index in [2.05, 4.69) is 5.32 Å². The summed E-state index contributed by atoms with van der Waals surface area (Å²) in [6.45, 7) is 5.21. The van der Waals surface area contributed by atoms with Crippen LogP contribution in [0.2, 0.25) is 0 Å². The summed E-state index contributed by atoms with van der Waals surface area (Å²) in [5.74, 6) is -0.397. The number of hydrogen-bond donors (Lipinski definition) is 2. The summed E-state index contributed by atoms with van der Waals surface area (Å²) in [4.78, 5) is 24.1. The van der Waals surface area contributed by atoms with Crippen molar-refractivity contribution in [2.24, 2.45) is 0 Å². The highest BCUT2D eigenvalue weighted by Crippen LogP contribution is 2.35. The van der Waals surface area contributed by atoms with Crippen LogP contribution in [0.15, 0.2) is 30.3 Å². The number of carboxylic acid groups (broad SMARTS) is 1. The SMILES string of the molecule is COc1ccc(-c2cc(NC(=O)OC(C)(C)C)c(C(=O)O)s2)cc1. The number of hydrogen-bond acceptors (Lipinski definition) is 5. The van der Waals surface area contributed by atoms with Crippen molar-refractivity contribution in [1.29, 1.82) is 0 Å². The van der Waals surface area contributed by atoms with Gasteiger partial charge in [-0.05, 0) is 56.7 Å². The highest BCUT2D eigenvalue weighted by molar-refractivity contribution is 7.18. The molecule has 0 radical (unpaired) electrons. The lowest BCUT2D eigenvalue weighted by molar-refractivity contribution is 0.0636. The number of benzene rings is 1. The topological polar surface area (TPSA) is 84.9 Å². The Hall–Kier alpha value is -2.54. The molecule has 1 heterocycles. The molecule has 7 heteroatoms. The number of carbonyl (C=O) groups is 2. The van der Waals surface area contributed by atoms with Crippen LogP contribution in [0.4, 0.5) is 10.5 Å². The van der Waals surface area contributed by atoms with Gasteiger partial charge in [-0.15, -0.1) is 11.3 Å². The molecule has 128 valence electrons. The Morgan fingerprint density at radius 2 is 1.79 bits per heavy atom. The predicted molar refractivity (Wildman–Crippen MR) is 93.1 cm³/mol. The van der Waals surface area contributed by atoms with E-state index in [4.69, 9.17) is 9.47 Å². The van der Waals surface area contributed by atoms with Crippen LogP contribution in [0.25, 0.3) is 10.4 Å². The molecule has 0 unspecified atom stereocenters. The predicted octanol–water partition coefficient (Wildman–Crippen LogP) is 4.47. The second kappa shape index (κ2) is 6.92. The van der Waals surface area contributed by atoms with Crippen LogP contribution in [-0.4, -0.2) is 29.9 Å². The summed E-state index contributed by atoms with van der Waals surface area (Å²) in [5.41, 5.74) is 0.385. The monoisotopic (exact) mass is 349 g/mol. The van der Waals surface area contributed by atoms with Gasteiger partial charge in [0.15, 0.2) is 0 Å². The number of amides is 1. The first-order chi connectivity index (χ1) is 11.2. The fourth-order valence-corrected chi connectivity index (χ4v) is 2.91. The van der Waals surface area contributed by atoms with Gasteiger partial charge in [0.25, 0.3) is 0 Å². The molecule has 6 nitrogen and oxygen atoms in total. The number of nitrogens with one attached hydrogen (secondary N) is 1. The van der Waals surface area contributed by atoms with E-state index in [0.29, 0.717) is 5.75 Å². The Bertz CT molecular complexity index is 743. The van der Waals surface area contributed by atoms with E-state index < -0.39 is 17.7 Å². The molecule has 2 N–H and O–H groups in total. The van der Waals surface area contributed by atoms with Gasteiger partial charge in [0.1, 0.15) is 16.2 Å². The van der Waals surface area contributed by atoms with Crippen LogP contribution in [0, 0.1) is 0 Å². The Kier molecular flexibility index (Phi) is 5.14. The van der Waals surface area contributed by atoms with Crippen LogP contribution in [-0.2, 0) is 4.74 Å². The van der Waals surface area contributed by atoms with Crippen molar-refractivity contribution in [3.05, 3.63) is 35.2 Å². The minimum atomic E-state index is -1.11. The quantitative estimate of drug-likeness (QED) is 0.851. The van der Waals surface area contributed by atoms with Crippen molar-refractivity contribution in [3.8, 4) is 16.2 Å². The van der Waals surface area contributed by atoms with Crippen LogP contribution < -0.4 is 10.1 Å². The highest BCUT2D eigenvalue weighted by Gasteiger charge is 2.21. The summed E-state index contributed by atoms with van der Waals surface area (Å²) < 4.78 is 10.3. The second-order valence-corrected chi connectivity index (χ2v) is 7.07. The molecule has 0 saturated heterocycles. The maximum atomic E-state index is 11.9. The molecule has 2 aromatic rings. The standard InChI is InChI=1S/C17H19NO5S/c1-17(2,3)23-16(21)18-12-9-13(24-14(12)15(19)20)10-5-7-11(22-4)8-6-10/h5-9H,1-4H3,(H,18,21)(H,19,20). The van der Waals surface area contributed by atoms with Crippen LogP contribution in [0.5, 0.6) is 5.75 Å². The summed E-state index contributed by atoms with van der Waals surface area (Å²) in [6.07, 6.45) is -0.691. The molecule has 0 fully saturated rings. The Labute approximate surface area is 144 Å². The van der Waals surface area contributed by atoms with Crippen molar-refractivity contribution in [2.75, 3.05) is 12.4 Å². The first kappa shape index (κ1) is 17.8. The minimum Gasteiger partial charge on any atom is -0.497 e. The molecule has 0 aliphatic heterocycles. The summed E-state index contributed by atoms with van der Waals surface area (Å²) in [6, 6.07) is 8.86. The van der Waals surface area contributed by atoms with E-state index >= 15 is 0 Å². The molecule has 1 amide bonds. The zero-order chi connectivity index (χ0) is 17.9. The van der Waals surface area contributed by atoms with E-state index in [1.807, 2.05) is 12.1 Å². The van der Waals surface area contributed by atoms with Gasteiger partial charge >= 0.3 is 12.1 Å². The van der Waals surface area contributed by atoms with Gasteiger partial charge in [-0.25, -0.2) is 9.59 Å². The summed E-state index contributed by atoms with van der Waals surface area (Å²) in [7, 11) is 1.57. The van der Waals surface area contributed by atoms with Gasteiger partial charge in [0.05, 0.1) is 12.8 Å². The first-order valence-corrected chi connectivity index (χ1v) is 8.03. The molecule has 0 aliphatic carbocycles. The van der Waals surface area contributed by atoms with Crippen LogP contribution >= 0.6 is 11.3 Å². The molecule has 24 heavy (non-hydrogen) atoms. The van der Waals surface area contributed by atoms with Gasteiger partial charge in [0.2, 0.25) is 0 Å². The van der Waals surface area contributed by atoms with Gasteiger partial charge < -0.3 is 14.6 Å². The number of methoxy groups -OCH3 is 1. The first-order valence-electron chi connectivity index (χ1n) is 7.21. The van der Waals surface area contributed by atoms with Crippen molar-refractivity contribution >= 4 is 29.1 Å². The molecule has 1 aromatic carbocycles. The average molecular weight is 349 g/mol. The van der Waals surface area contributed by atoms with Gasteiger partial charge in [-0.1, -0.05) is 0 Å². The normalized spacial score (nSPS) is 11.0. The fourth-order valence-electron chi connectivity index (χ4n) is 1.95. The third-order valence-corrected chi connectivity index (χ3v) is 4.11. The van der Waals surface area contributed by atoms with Crippen molar-refractivity contribution in [3.63, 3.8) is 0 Å². The lowest BCUT2D eigenvalue weighted by Gasteiger charge is -2.19. The van der Waals surface area contributed by atoms with Crippen LogP contribution in [0.3, 0.4) is 0 Å². The molecule has 0 atom stereocenters. The Balaban J connectivity index is 2.29. The molecule has 0 spiro atoms.